The molecule has 1 aromatic heterocycles. The molecule has 4 rings (SSSR count). The lowest BCUT2D eigenvalue weighted by Crippen LogP contribution is -2.35. The number of halogens is 1. The first-order valence-corrected chi connectivity index (χ1v) is 10.4. The Hall–Kier alpha value is -2.61. The molecule has 160 valence electrons. The van der Waals surface area contributed by atoms with E-state index in [4.69, 9.17) is 16.3 Å². The highest BCUT2D eigenvalue weighted by atomic mass is 35.5. The summed E-state index contributed by atoms with van der Waals surface area (Å²) in [6.07, 6.45) is 4.46. The number of fused-ring (bicyclic) bond motifs is 2. The summed E-state index contributed by atoms with van der Waals surface area (Å²) < 4.78 is 5.35. The van der Waals surface area contributed by atoms with Crippen molar-refractivity contribution in [3.05, 3.63) is 39.7 Å². The molecule has 1 aliphatic carbocycles. The molecular weight excluding hydrogens is 406 g/mol. The van der Waals surface area contributed by atoms with Crippen molar-refractivity contribution < 1.29 is 9.66 Å². The summed E-state index contributed by atoms with van der Waals surface area (Å²) in [5.74, 6) is 1.00. The topological polar surface area (TPSA) is 93.4 Å². The molecule has 1 aromatic carbocycles. The van der Waals surface area contributed by atoms with Crippen molar-refractivity contribution in [2.24, 2.45) is 10.8 Å². The second kappa shape index (κ2) is 7.27. The molecule has 2 unspecified atom stereocenters. The van der Waals surface area contributed by atoms with Gasteiger partial charge in [0.1, 0.15) is 12.1 Å². The zero-order valence-corrected chi connectivity index (χ0v) is 18.4. The molecule has 9 heteroatoms. The van der Waals surface area contributed by atoms with E-state index in [1.165, 1.54) is 13.4 Å². The molecule has 0 radical (unpaired) electrons. The van der Waals surface area contributed by atoms with Crippen LogP contribution < -0.4 is 15.0 Å². The number of methoxy groups -OCH3 is 1. The predicted octanol–water partition coefficient (Wildman–Crippen LogP) is 5.20. The smallest absolute Gasteiger partial charge is 0.353 e. The van der Waals surface area contributed by atoms with E-state index in [2.05, 4.69) is 41.0 Å². The summed E-state index contributed by atoms with van der Waals surface area (Å²) in [6.45, 7) is 7.56. The van der Waals surface area contributed by atoms with Gasteiger partial charge in [-0.05, 0) is 48.3 Å². The van der Waals surface area contributed by atoms with Crippen LogP contribution in [0.25, 0.3) is 0 Å². The maximum absolute atomic E-state index is 12.1. The number of nitro groups is 1. The van der Waals surface area contributed by atoms with Crippen LogP contribution in [0.15, 0.2) is 24.5 Å². The van der Waals surface area contributed by atoms with E-state index in [1.807, 2.05) is 0 Å². The average Bonchev–Trinajstić information content (AvgIpc) is 2.90. The van der Waals surface area contributed by atoms with Gasteiger partial charge >= 0.3 is 5.69 Å². The summed E-state index contributed by atoms with van der Waals surface area (Å²) >= 11 is 6.11. The molecule has 0 spiro atoms. The third kappa shape index (κ3) is 3.76. The van der Waals surface area contributed by atoms with Crippen LogP contribution in [0.3, 0.4) is 0 Å². The first-order chi connectivity index (χ1) is 14.1. The molecule has 1 saturated heterocycles. The molecule has 2 atom stereocenters. The Morgan fingerprint density at radius 2 is 2.07 bits per heavy atom. The minimum absolute atomic E-state index is 0.120. The zero-order valence-electron chi connectivity index (χ0n) is 17.6. The fraction of sp³-hybridized carbons (Fsp3) is 0.524. The molecule has 1 saturated carbocycles. The zero-order chi connectivity index (χ0) is 21.7. The Kier molecular flexibility index (Phi) is 5.00. The van der Waals surface area contributed by atoms with Crippen molar-refractivity contribution in [1.82, 2.24) is 9.97 Å². The summed E-state index contributed by atoms with van der Waals surface area (Å²) in [6, 6.07) is 5.27. The lowest BCUT2D eigenvalue weighted by Gasteiger charge is -2.39. The third-order valence-electron chi connectivity index (χ3n) is 6.09. The highest BCUT2D eigenvalue weighted by molar-refractivity contribution is 6.31. The van der Waals surface area contributed by atoms with E-state index in [1.54, 1.807) is 18.2 Å². The van der Waals surface area contributed by atoms with Crippen LogP contribution in [0.5, 0.6) is 5.75 Å². The Labute approximate surface area is 180 Å². The molecule has 8 nitrogen and oxygen atoms in total. The van der Waals surface area contributed by atoms with Gasteiger partial charge in [-0.15, -0.1) is 0 Å². The van der Waals surface area contributed by atoms with Gasteiger partial charge in [-0.1, -0.05) is 32.4 Å². The van der Waals surface area contributed by atoms with Gasteiger partial charge in [0.15, 0.2) is 0 Å². The lowest BCUT2D eigenvalue weighted by atomic mass is 9.65. The van der Waals surface area contributed by atoms with Gasteiger partial charge in [-0.25, -0.2) is 9.97 Å². The summed E-state index contributed by atoms with van der Waals surface area (Å²) in [5.41, 5.74) is 0.692. The molecule has 2 fully saturated rings. The van der Waals surface area contributed by atoms with Gasteiger partial charge in [0, 0.05) is 17.6 Å². The van der Waals surface area contributed by atoms with Gasteiger partial charge in [0.2, 0.25) is 11.6 Å². The summed E-state index contributed by atoms with van der Waals surface area (Å²) in [5, 5.41) is 15.6. The predicted molar refractivity (Wildman–Crippen MR) is 117 cm³/mol. The largest absolute Gasteiger partial charge is 0.495 e. The van der Waals surface area contributed by atoms with Gasteiger partial charge in [0.05, 0.1) is 17.7 Å². The normalized spacial score (nSPS) is 24.6. The minimum Gasteiger partial charge on any atom is -0.495 e. The molecule has 0 amide bonds. The average molecular weight is 432 g/mol. The summed E-state index contributed by atoms with van der Waals surface area (Å²) in [4.78, 5) is 22.3. The molecule has 1 N–H and O–H groups in total. The van der Waals surface area contributed by atoms with Crippen LogP contribution in [0.2, 0.25) is 5.02 Å². The van der Waals surface area contributed by atoms with Crippen LogP contribution in [0, 0.1) is 20.9 Å². The van der Waals surface area contributed by atoms with E-state index >= 15 is 0 Å². The Morgan fingerprint density at radius 3 is 2.77 bits per heavy atom. The maximum Gasteiger partial charge on any atom is 0.353 e. The van der Waals surface area contributed by atoms with Crippen molar-refractivity contribution in [1.29, 1.82) is 0 Å². The van der Waals surface area contributed by atoms with Crippen molar-refractivity contribution in [2.75, 3.05) is 23.9 Å². The van der Waals surface area contributed by atoms with Crippen LogP contribution in [0.1, 0.15) is 40.0 Å². The highest BCUT2D eigenvalue weighted by Crippen LogP contribution is 2.54. The number of hydrogen-bond acceptors (Lipinski definition) is 7. The fourth-order valence-corrected chi connectivity index (χ4v) is 5.62. The van der Waals surface area contributed by atoms with Gasteiger partial charge < -0.3 is 15.0 Å². The van der Waals surface area contributed by atoms with E-state index in [0.717, 1.165) is 25.8 Å². The Bertz CT molecular complexity index is 999. The molecular formula is C21H26ClN5O3. The van der Waals surface area contributed by atoms with Crippen LogP contribution >= 0.6 is 11.6 Å². The number of ether oxygens (including phenoxy) is 1. The second-order valence-electron chi connectivity index (χ2n) is 9.46. The van der Waals surface area contributed by atoms with Crippen molar-refractivity contribution >= 4 is 34.6 Å². The number of rotatable bonds is 5. The quantitative estimate of drug-likeness (QED) is 0.513. The van der Waals surface area contributed by atoms with E-state index in [-0.39, 0.29) is 28.4 Å². The van der Waals surface area contributed by atoms with Gasteiger partial charge in [-0.2, -0.15) is 0 Å². The molecule has 30 heavy (non-hydrogen) atoms. The first-order valence-electron chi connectivity index (χ1n) is 9.97. The molecule has 2 heterocycles. The summed E-state index contributed by atoms with van der Waals surface area (Å²) in [7, 11) is 1.53. The van der Waals surface area contributed by atoms with E-state index in [9.17, 15) is 10.1 Å². The van der Waals surface area contributed by atoms with E-state index in [0.29, 0.717) is 22.3 Å². The highest BCUT2D eigenvalue weighted by Gasteiger charge is 2.51. The first kappa shape index (κ1) is 20.7. The van der Waals surface area contributed by atoms with Gasteiger partial charge in [-0.3, -0.25) is 10.1 Å². The molecule has 1 aliphatic heterocycles. The standard InChI is InChI=1S/C21H26ClN5O3/c1-20(2)8-14-9-21(3,10-20)11-26(14)19-17(27(28)29)18(23-12-24-19)25-15-7-13(22)5-6-16(15)30-4/h5-7,12,14H,8-11H2,1-4H3,(H,23,24,25). The lowest BCUT2D eigenvalue weighted by molar-refractivity contribution is -0.383. The minimum atomic E-state index is -0.412. The Balaban J connectivity index is 1.75. The number of hydrogen-bond donors (Lipinski definition) is 1. The number of nitrogens with zero attached hydrogens (tertiary/aromatic N) is 4. The van der Waals surface area contributed by atoms with Crippen molar-refractivity contribution in [3.63, 3.8) is 0 Å². The SMILES string of the molecule is COc1ccc(Cl)cc1Nc1ncnc(N2CC3(C)CC2CC(C)(C)C3)c1[N+](=O)[O-]. The number of anilines is 3. The fourth-order valence-electron chi connectivity index (χ4n) is 5.45. The number of nitrogens with one attached hydrogen (secondary N) is 1. The van der Waals surface area contributed by atoms with Crippen LogP contribution in [0.4, 0.5) is 23.0 Å². The van der Waals surface area contributed by atoms with Crippen LogP contribution in [-0.2, 0) is 0 Å². The third-order valence-corrected chi connectivity index (χ3v) is 6.32. The number of benzene rings is 1. The molecule has 2 aliphatic rings. The molecule has 2 bridgehead atoms. The van der Waals surface area contributed by atoms with Gasteiger partial charge in [0.25, 0.3) is 0 Å². The maximum atomic E-state index is 12.1. The second-order valence-corrected chi connectivity index (χ2v) is 9.90. The Morgan fingerprint density at radius 1 is 1.30 bits per heavy atom. The molecule has 2 aromatic rings. The monoisotopic (exact) mass is 431 g/mol. The van der Waals surface area contributed by atoms with Crippen LogP contribution in [-0.4, -0.2) is 34.6 Å². The number of aromatic nitrogens is 2. The van der Waals surface area contributed by atoms with Crippen molar-refractivity contribution in [2.45, 2.75) is 46.1 Å². The van der Waals surface area contributed by atoms with E-state index < -0.39 is 4.92 Å². The van der Waals surface area contributed by atoms with Crippen molar-refractivity contribution in [3.8, 4) is 5.75 Å².